The minimum Gasteiger partial charge on any atom is -1.00 e. The van der Waals surface area contributed by atoms with Crippen molar-refractivity contribution in [2.75, 3.05) is 51.1 Å². The quantitative estimate of drug-likeness (QED) is 0.0708. The number of aromatic nitrogens is 4. The minimum atomic E-state index is 0. The smallest absolute Gasteiger partial charge is 0.244 e. The Hall–Kier alpha value is -5.84. The summed E-state index contributed by atoms with van der Waals surface area (Å²) in [6.45, 7) is 21.2. The zero-order valence-electron chi connectivity index (χ0n) is 45.4. The third-order valence-electron chi connectivity index (χ3n) is 13.1. The van der Waals surface area contributed by atoms with Crippen molar-refractivity contribution in [2.45, 2.75) is 111 Å². The summed E-state index contributed by atoms with van der Waals surface area (Å²) in [6, 6.07) is 33.0. The number of hydrogen-bond acceptors (Lipinski definition) is 9. The molecule has 3 aromatic heterocycles. The van der Waals surface area contributed by atoms with Gasteiger partial charge in [0, 0.05) is 70.8 Å². The predicted octanol–water partition coefficient (Wildman–Crippen LogP) is 10.5. The van der Waals surface area contributed by atoms with Gasteiger partial charge in [-0.15, -0.1) is 9.24 Å². The molecule has 10 rings (SSSR count). The van der Waals surface area contributed by atoms with Gasteiger partial charge in [0.1, 0.15) is 52.6 Å². The molecule has 2 aliphatic heterocycles. The van der Waals surface area contributed by atoms with Crippen molar-refractivity contribution < 1.29 is 26.8 Å². The van der Waals surface area contributed by atoms with Crippen molar-refractivity contribution in [1.82, 2.24) is 25.1 Å². The molecule has 392 valence electrons. The van der Waals surface area contributed by atoms with E-state index < -0.39 is 0 Å². The maximum atomic E-state index is 9.63. The van der Waals surface area contributed by atoms with Crippen molar-refractivity contribution in [3.05, 3.63) is 154 Å². The number of phenolic OH excluding ortho intramolecular Hbond substituents is 1. The van der Waals surface area contributed by atoms with Crippen molar-refractivity contribution in [2.24, 2.45) is 4.99 Å². The number of halogens is 2. The molecule has 4 aromatic carbocycles. The van der Waals surface area contributed by atoms with E-state index in [-0.39, 0.29) is 18.2 Å². The van der Waals surface area contributed by atoms with Crippen LogP contribution in [-0.4, -0.2) is 88.9 Å². The SMILES string of the molecule is CC(C)c1cccc(C(C)C)c1N1C=[N+](c2c(C(C)C)cccc2C(C)C)CC1.CN(C)c1cc(C2=NCc3ccc(O)cc32)ccn1.CNC.PCn1nc(-c2ccnc(Cl)c2)c2cc(OC3CC3)ccc21.[Cl-]. The first-order chi connectivity index (χ1) is 35.0. The van der Waals surface area contributed by atoms with Crippen LogP contribution in [0, 0.1) is 0 Å². The van der Waals surface area contributed by atoms with Gasteiger partial charge in [0.2, 0.25) is 6.34 Å². The topological polar surface area (TPSA) is 107 Å². The summed E-state index contributed by atoms with van der Waals surface area (Å²) < 4.78 is 10.4. The van der Waals surface area contributed by atoms with Crippen LogP contribution >= 0.6 is 20.8 Å². The monoisotopic (exact) mass is 1060 g/mol. The summed E-state index contributed by atoms with van der Waals surface area (Å²) in [4.78, 5) is 17.4. The van der Waals surface area contributed by atoms with Crippen LogP contribution in [0.2, 0.25) is 5.15 Å². The van der Waals surface area contributed by atoms with E-state index in [0.29, 0.717) is 41.5 Å². The Kier molecular flexibility index (Phi) is 20.2. The lowest BCUT2D eigenvalue weighted by Gasteiger charge is -2.20. The molecule has 7 aromatic rings. The Morgan fingerprint density at radius 3 is 1.97 bits per heavy atom. The third-order valence-corrected chi connectivity index (χ3v) is 13.6. The first-order valence-corrected chi connectivity index (χ1v) is 26.9. The Morgan fingerprint density at radius 2 is 1.39 bits per heavy atom. The average molecular weight is 1060 g/mol. The summed E-state index contributed by atoms with van der Waals surface area (Å²) >= 11 is 6.02. The lowest BCUT2D eigenvalue weighted by molar-refractivity contribution is -0.425. The second-order valence-electron chi connectivity index (χ2n) is 20.4. The van der Waals surface area contributed by atoms with Gasteiger partial charge >= 0.3 is 0 Å². The Morgan fingerprint density at radius 1 is 0.784 bits per heavy atom. The fourth-order valence-electron chi connectivity index (χ4n) is 9.27. The van der Waals surface area contributed by atoms with Crippen molar-refractivity contribution in [1.29, 1.82) is 0 Å². The van der Waals surface area contributed by atoms with Gasteiger partial charge in [-0.1, -0.05) is 109 Å². The van der Waals surface area contributed by atoms with Crippen molar-refractivity contribution in [3.8, 4) is 22.8 Å². The van der Waals surface area contributed by atoms with Crippen molar-refractivity contribution in [3.63, 3.8) is 0 Å². The number of hydrogen-bond donors (Lipinski definition) is 2. The molecule has 74 heavy (non-hydrogen) atoms. The molecule has 1 unspecified atom stereocenters. The number of aliphatic imine (C=N–C) groups is 1. The number of rotatable bonds is 12. The molecule has 1 fully saturated rings. The summed E-state index contributed by atoms with van der Waals surface area (Å²) in [5.41, 5.74) is 15.7. The number of pyridine rings is 2. The molecule has 0 radical (unpaired) electrons. The highest BCUT2D eigenvalue weighted by atomic mass is 35.5. The Labute approximate surface area is 453 Å². The van der Waals surface area contributed by atoms with E-state index in [1.165, 1.54) is 33.6 Å². The predicted molar refractivity (Wildman–Crippen MR) is 310 cm³/mol. The molecule has 0 saturated heterocycles. The zero-order chi connectivity index (χ0) is 52.5. The van der Waals surface area contributed by atoms with Crippen LogP contribution in [0.25, 0.3) is 22.2 Å². The van der Waals surface area contributed by atoms with Gasteiger partial charge in [0.25, 0.3) is 0 Å². The number of phenols is 1. The van der Waals surface area contributed by atoms with Crippen LogP contribution in [0.5, 0.6) is 11.5 Å². The molecular weight excluding hydrogens is 981 g/mol. The number of nitrogens with one attached hydrogen (secondary N) is 1. The van der Waals surface area contributed by atoms with E-state index in [2.05, 4.69) is 149 Å². The molecular formula is C60H76Cl2N9O2P. The van der Waals surface area contributed by atoms with Crippen molar-refractivity contribution >= 4 is 61.0 Å². The van der Waals surface area contributed by atoms with Gasteiger partial charge in [-0.25, -0.2) is 19.4 Å². The van der Waals surface area contributed by atoms with Crippen LogP contribution < -0.4 is 32.3 Å². The second-order valence-corrected chi connectivity index (χ2v) is 21.1. The molecule has 2 N–H and O–H groups in total. The molecule has 14 heteroatoms. The van der Waals surface area contributed by atoms with E-state index in [1.54, 1.807) is 24.5 Å². The van der Waals surface area contributed by atoms with Crippen LogP contribution in [0.15, 0.2) is 114 Å². The van der Waals surface area contributed by atoms with Crippen LogP contribution in [0.1, 0.15) is 131 Å². The molecule has 1 aliphatic carbocycles. The van der Waals surface area contributed by atoms with Gasteiger partial charge in [-0.05, 0) is 111 Å². The Bertz CT molecular complexity index is 3020. The Balaban J connectivity index is 0.000000178. The number of aromatic hydroxyl groups is 1. The van der Waals surface area contributed by atoms with E-state index >= 15 is 0 Å². The molecule has 0 amide bonds. The largest absolute Gasteiger partial charge is 1.00 e. The number of anilines is 2. The van der Waals surface area contributed by atoms with E-state index in [1.807, 2.05) is 74.2 Å². The minimum absolute atomic E-state index is 0. The van der Waals surface area contributed by atoms with Crippen LogP contribution in [-0.2, 0) is 12.8 Å². The normalized spacial score (nSPS) is 13.6. The van der Waals surface area contributed by atoms with E-state index in [4.69, 9.17) is 21.4 Å². The number of fused-ring (bicyclic) bond motifs is 2. The van der Waals surface area contributed by atoms with Gasteiger partial charge in [0.05, 0.1) is 30.2 Å². The van der Waals surface area contributed by atoms with Crippen LogP contribution in [0.3, 0.4) is 0 Å². The van der Waals surface area contributed by atoms with Gasteiger partial charge in [-0.2, -0.15) is 5.10 Å². The molecule has 1 atom stereocenters. The molecule has 11 nitrogen and oxygen atoms in total. The number of ether oxygens (including phenoxy) is 1. The summed E-state index contributed by atoms with van der Waals surface area (Å²) in [5, 5.41) is 18.6. The number of benzene rings is 4. The standard InChI is InChI=1S/C27H39N2.C16H15ClN3OP.C15H15N3O.C2H7N.ClH/c1-18(2)22-11-9-12-23(19(3)4)26(22)28-15-16-29(17-28)27-24(20(5)6)13-10-14-25(27)21(7)8;17-15-7-10(5-6-18-15)16-13-8-12(21-11-1-2-11)3-4-14(13)20(9-22)19-16;1-18(2)14-7-10(5-6-16-14)15-13-8-12(19)4-3-11(13)9-17-15;1-3-2;/h9-14,17-21H,15-16H2,1-8H3;3-8,11H,1-2,9,22H2;3-8,19H,9H2,1-2H3;3H,1-2H3;1H/q+1;;;;/p-1. The average Bonchev–Trinajstić information content (AvgIpc) is 3.70. The fraction of sp³-hybridized carbons (Fsp3) is 0.383. The lowest BCUT2D eigenvalue weighted by Crippen LogP contribution is -3.00. The maximum absolute atomic E-state index is 9.63. The molecule has 0 bridgehead atoms. The molecule has 1 saturated carbocycles. The van der Waals surface area contributed by atoms with Gasteiger partial charge in [0.15, 0.2) is 0 Å². The zero-order valence-corrected chi connectivity index (χ0v) is 48.0. The fourth-order valence-corrected chi connectivity index (χ4v) is 9.72. The highest BCUT2D eigenvalue weighted by Gasteiger charge is 2.31. The molecule has 0 spiro atoms. The summed E-state index contributed by atoms with van der Waals surface area (Å²) in [5.74, 6) is 4.13. The maximum Gasteiger partial charge on any atom is 0.244 e. The van der Waals surface area contributed by atoms with Gasteiger partial charge < -0.3 is 32.5 Å². The summed E-state index contributed by atoms with van der Waals surface area (Å²) in [6.07, 6.45) is 9.28. The third kappa shape index (κ3) is 13.7. The number of para-hydroxylation sites is 2. The highest BCUT2D eigenvalue weighted by Crippen LogP contribution is 2.39. The first-order valence-electron chi connectivity index (χ1n) is 25.7. The summed E-state index contributed by atoms with van der Waals surface area (Å²) in [7, 11) is 10.4. The molecule has 3 aliphatic rings. The van der Waals surface area contributed by atoms with E-state index in [0.717, 1.165) is 88.3 Å². The highest BCUT2D eigenvalue weighted by molar-refractivity contribution is 7.15. The van der Waals surface area contributed by atoms with E-state index in [9.17, 15) is 5.11 Å². The van der Waals surface area contributed by atoms with Gasteiger partial charge in [-0.3, -0.25) is 9.67 Å². The lowest BCUT2D eigenvalue weighted by atomic mass is 9.92. The number of nitrogens with zero attached hydrogens (tertiary/aromatic N) is 8. The van der Waals surface area contributed by atoms with Crippen LogP contribution in [0.4, 0.5) is 17.2 Å². The first kappa shape index (κ1) is 57.4. The second kappa shape index (κ2) is 26.1. The molecule has 5 heterocycles.